The van der Waals surface area contributed by atoms with Crippen LogP contribution in [0.2, 0.25) is 0 Å². The van der Waals surface area contributed by atoms with Crippen molar-refractivity contribution in [3.05, 3.63) is 12.7 Å². The molecule has 6 heteroatoms. The number of hydrogen-bond donors (Lipinski definition) is 1. The van der Waals surface area contributed by atoms with E-state index in [1.54, 1.807) is 6.33 Å². The predicted molar refractivity (Wildman–Crippen MR) is 57.6 cm³/mol. The van der Waals surface area contributed by atoms with Gasteiger partial charge in [0.1, 0.15) is 17.6 Å². The lowest BCUT2D eigenvalue weighted by atomic mass is 10.2. The molecule has 0 radical (unpaired) electrons. The van der Waals surface area contributed by atoms with Crippen LogP contribution >= 0.6 is 0 Å². The molecule has 0 spiro atoms. The Hall–Kier alpha value is -1.98. The highest BCUT2D eigenvalue weighted by molar-refractivity contribution is 5.83. The van der Waals surface area contributed by atoms with Crippen molar-refractivity contribution in [2.75, 3.05) is 5.73 Å². The molecular weight excluding hydrogens is 206 g/mol. The number of carbonyl (C=O) groups is 1. The summed E-state index contributed by atoms with van der Waals surface area (Å²) in [5, 5.41) is 0. The van der Waals surface area contributed by atoms with Crippen molar-refractivity contribution in [3.63, 3.8) is 0 Å². The average molecular weight is 217 g/mol. The van der Waals surface area contributed by atoms with Crippen molar-refractivity contribution < 1.29 is 4.79 Å². The molecular formula is C10H11N5O. The number of nitrogen functional groups attached to an aromatic ring is 1. The largest absolute Gasteiger partial charge is 0.382 e. The SMILES string of the molecule is Nc1ncnc2c1ncn2C1CCC(=O)C1. The van der Waals surface area contributed by atoms with Crippen LogP contribution in [0.4, 0.5) is 5.82 Å². The molecule has 6 nitrogen and oxygen atoms in total. The Kier molecular flexibility index (Phi) is 1.89. The van der Waals surface area contributed by atoms with Gasteiger partial charge in [-0.2, -0.15) is 0 Å². The van der Waals surface area contributed by atoms with Crippen molar-refractivity contribution >= 4 is 22.8 Å². The molecule has 1 unspecified atom stereocenters. The van der Waals surface area contributed by atoms with E-state index in [0.717, 1.165) is 6.42 Å². The molecule has 0 aromatic carbocycles. The summed E-state index contributed by atoms with van der Waals surface area (Å²) in [5.41, 5.74) is 7.03. The molecule has 0 saturated heterocycles. The molecule has 1 saturated carbocycles. The topological polar surface area (TPSA) is 86.7 Å². The normalized spacial score (nSPS) is 20.8. The van der Waals surface area contributed by atoms with Crippen LogP contribution in [-0.4, -0.2) is 25.3 Å². The van der Waals surface area contributed by atoms with Gasteiger partial charge in [0.25, 0.3) is 0 Å². The molecule has 1 atom stereocenters. The van der Waals surface area contributed by atoms with E-state index in [2.05, 4.69) is 15.0 Å². The summed E-state index contributed by atoms with van der Waals surface area (Å²) < 4.78 is 1.93. The molecule has 2 aromatic rings. The minimum absolute atomic E-state index is 0.173. The van der Waals surface area contributed by atoms with Crippen LogP contribution in [0.15, 0.2) is 12.7 Å². The molecule has 0 amide bonds. The second-order valence-electron chi connectivity index (χ2n) is 4.02. The minimum atomic E-state index is 0.173. The number of carbonyl (C=O) groups excluding carboxylic acids is 1. The van der Waals surface area contributed by atoms with Crippen LogP contribution < -0.4 is 5.73 Å². The van der Waals surface area contributed by atoms with Crippen molar-refractivity contribution in [1.82, 2.24) is 19.5 Å². The van der Waals surface area contributed by atoms with E-state index in [-0.39, 0.29) is 6.04 Å². The summed E-state index contributed by atoms with van der Waals surface area (Å²) in [6.07, 6.45) is 5.18. The van der Waals surface area contributed by atoms with Crippen LogP contribution in [0.5, 0.6) is 0 Å². The van der Waals surface area contributed by atoms with Gasteiger partial charge in [0.15, 0.2) is 11.5 Å². The fourth-order valence-corrected chi connectivity index (χ4v) is 2.17. The third kappa shape index (κ3) is 1.26. The summed E-state index contributed by atoms with van der Waals surface area (Å²) in [4.78, 5) is 23.5. The predicted octanol–water partition coefficient (Wildman–Crippen LogP) is 0.703. The number of hydrogen-bond acceptors (Lipinski definition) is 5. The molecule has 1 aliphatic carbocycles. The van der Waals surface area contributed by atoms with Crippen LogP contribution in [0.3, 0.4) is 0 Å². The summed E-state index contributed by atoms with van der Waals surface area (Å²) >= 11 is 0. The molecule has 2 heterocycles. The lowest BCUT2D eigenvalue weighted by Gasteiger charge is -2.10. The van der Waals surface area contributed by atoms with Crippen LogP contribution in [-0.2, 0) is 4.79 Å². The van der Waals surface area contributed by atoms with Crippen LogP contribution in [0, 0.1) is 0 Å². The molecule has 1 fully saturated rings. The zero-order valence-corrected chi connectivity index (χ0v) is 8.63. The summed E-state index contributed by atoms with van der Waals surface area (Å²) in [7, 11) is 0. The highest BCUT2D eigenvalue weighted by Gasteiger charge is 2.25. The smallest absolute Gasteiger partial charge is 0.165 e. The van der Waals surface area contributed by atoms with Gasteiger partial charge in [0.05, 0.1) is 6.33 Å². The number of ketones is 1. The molecule has 16 heavy (non-hydrogen) atoms. The Morgan fingerprint density at radius 2 is 2.25 bits per heavy atom. The number of nitrogens with zero attached hydrogens (tertiary/aromatic N) is 4. The molecule has 1 aliphatic rings. The van der Waals surface area contributed by atoms with E-state index in [4.69, 9.17) is 5.73 Å². The number of fused-ring (bicyclic) bond motifs is 1. The molecule has 0 bridgehead atoms. The molecule has 0 aliphatic heterocycles. The number of aromatic nitrogens is 4. The average Bonchev–Trinajstić information content (AvgIpc) is 2.84. The van der Waals surface area contributed by atoms with Crippen molar-refractivity contribution in [2.24, 2.45) is 0 Å². The fraction of sp³-hybridized carbons (Fsp3) is 0.400. The maximum Gasteiger partial charge on any atom is 0.165 e. The standard InChI is InChI=1S/C10H11N5O/c11-9-8-10(13-4-12-9)15(5-14-8)6-1-2-7(16)3-6/h4-6H,1-3H2,(H2,11,12,13). The summed E-state index contributed by atoms with van der Waals surface area (Å²) in [5.74, 6) is 0.682. The van der Waals surface area contributed by atoms with Gasteiger partial charge in [0.2, 0.25) is 0 Å². The van der Waals surface area contributed by atoms with Gasteiger partial charge in [-0.15, -0.1) is 0 Å². The zero-order chi connectivity index (χ0) is 11.1. The van der Waals surface area contributed by atoms with Crippen LogP contribution in [0.1, 0.15) is 25.3 Å². The first-order valence-corrected chi connectivity index (χ1v) is 5.20. The number of anilines is 1. The molecule has 82 valence electrons. The van der Waals surface area contributed by atoms with Gasteiger partial charge in [-0.05, 0) is 6.42 Å². The summed E-state index contributed by atoms with van der Waals surface area (Å²) in [6, 6.07) is 0.173. The first kappa shape index (κ1) is 9.26. The van der Waals surface area contributed by atoms with E-state index in [9.17, 15) is 4.79 Å². The lowest BCUT2D eigenvalue weighted by Crippen LogP contribution is -2.05. The first-order valence-electron chi connectivity index (χ1n) is 5.20. The third-order valence-corrected chi connectivity index (χ3v) is 3.00. The Morgan fingerprint density at radius 1 is 1.38 bits per heavy atom. The number of imidazole rings is 1. The quantitative estimate of drug-likeness (QED) is 0.759. The number of rotatable bonds is 1. The van der Waals surface area contributed by atoms with Crippen molar-refractivity contribution in [1.29, 1.82) is 0 Å². The van der Waals surface area contributed by atoms with Gasteiger partial charge in [-0.1, -0.05) is 0 Å². The highest BCUT2D eigenvalue weighted by atomic mass is 16.1. The lowest BCUT2D eigenvalue weighted by molar-refractivity contribution is -0.117. The zero-order valence-electron chi connectivity index (χ0n) is 8.63. The van der Waals surface area contributed by atoms with Gasteiger partial charge in [-0.3, -0.25) is 4.79 Å². The molecule has 2 aromatic heterocycles. The second-order valence-corrected chi connectivity index (χ2v) is 4.02. The fourth-order valence-electron chi connectivity index (χ4n) is 2.17. The Bertz CT molecular complexity index is 561. The molecule has 3 rings (SSSR count). The Morgan fingerprint density at radius 3 is 3.00 bits per heavy atom. The number of Topliss-reactive ketones (excluding diaryl/α,β-unsaturated/α-hetero) is 1. The number of nitrogens with two attached hydrogens (primary N) is 1. The van der Waals surface area contributed by atoms with Crippen molar-refractivity contribution in [3.8, 4) is 0 Å². The van der Waals surface area contributed by atoms with E-state index in [1.165, 1.54) is 6.33 Å². The monoisotopic (exact) mass is 217 g/mol. The molecule has 2 N–H and O–H groups in total. The Balaban J connectivity index is 2.11. The minimum Gasteiger partial charge on any atom is -0.382 e. The first-order chi connectivity index (χ1) is 7.75. The van der Waals surface area contributed by atoms with Crippen LogP contribution in [0.25, 0.3) is 11.2 Å². The van der Waals surface area contributed by atoms with Gasteiger partial charge >= 0.3 is 0 Å². The van der Waals surface area contributed by atoms with Gasteiger partial charge in [-0.25, -0.2) is 15.0 Å². The van der Waals surface area contributed by atoms with E-state index >= 15 is 0 Å². The maximum atomic E-state index is 11.3. The van der Waals surface area contributed by atoms with E-state index in [0.29, 0.717) is 35.6 Å². The van der Waals surface area contributed by atoms with E-state index < -0.39 is 0 Å². The van der Waals surface area contributed by atoms with Gasteiger partial charge in [0, 0.05) is 18.9 Å². The maximum absolute atomic E-state index is 11.3. The summed E-state index contributed by atoms with van der Waals surface area (Å²) in [6.45, 7) is 0. The van der Waals surface area contributed by atoms with Gasteiger partial charge < -0.3 is 10.3 Å². The third-order valence-electron chi connectivity index (χ3n) is 3.00. The van der Waals surface area contributed by atoms with E-state index in [1.807, 2.05) is 4.57 Å². The highest BCUT2D eigenvalue weighted by Crippen LogP contribution is 2.29. The Labute approximate surface area is 91.5 Å². The second kappa shape index (κ2) is 3.26. The van der Waals surface area contributed by atoms with Crippen molar-refractivity contribution in [2.45, 2.75) is 25.3 Å².